The molecule has 0 saturated carbocycles. The van der Waals surface area contributed by atoms with Gasteiger partial charge in [-0.25, -0.2) is 4.99 Å². The first-order valence-corrected chi connectivity index (χ1v) is 10.3. The number of rotatable bonds is 7. The summed E-state index contributed by atoms with van der Waals surface area (Å²) < 4.78 is 16.2. The summed E-state index contributed by atoms with van der Waals surface area (Å²) in [5.74, 6) is 2.83. The van der Waals surface area contributed by atoms with Crippen molar-refractivity contribution in [1.82, 2.24) is 10.2 Å². The van der Waals surface area contributed by atoms with Crippen LogP contribution in [0.5, 0.6) is 17.2 Å². The molecule has 0 saturated heterocycles. The van der Waals surface area contributed by atoms with Crippen LogP contribution in [0.4, 0.5) is 11.5 Å². The summed E-state index contributed by atoms with van der Waals surface area (Å²) >= 11 is 1.50. The van der Waals surface area contributed by atoms with Crippen LogP contribution < -0.4 is 19.5 Å². The van der Waals surface area contributed by atoms with E-state index in [9.17, 15) is 0 Å². The molecule has 1 aromatic heterocycles. The third kappa shape index (κ3) is 5.23. The molecule has 0 fully saturated rings. The van der Waals surface area contributed by atoms with Gasteiger partial charge in [0.15, 0.2) is 11.0 Å². The lowest BCUT2D eigenvalue weighted by Gasteiger charge is -2.08. The highest BCUT2D eigenvalue weighted by molar-refractivity contribution is 8.13. The maximum atomic E-state index is 5.47. The van der Waals surface area contributed by atoms with Crippen LogP contribution in [0.25, 0.3) is 11.3 Å². The summed E-state index contributed by atoms with van der Waals surface area (Å²) in [6, 6.07) is 15.3. The van der Waals surface area contributed by atoms with Gasteiger partial charge in [0.25, 0.3) is 0 Å². The first-order valence-electron chi connectivity index (χ1n) is 9.07. The average Bonchev–Trinajstić information content (AvgIpc) is 3.22. The molecule has 2 N–H and O–H groups in total. The molecule has 3 aromatic rings. The van der Waals surface area contributed by atoms with Crippen LogP contribution >= 0.6 is 11.8 Å². The number of aromatic nitrogens is 2. The highest BCUT2D eigenvalue weighted by Gasteiger charge is 2.11. The van der Waals surface area contributed by atoms with Gasteiger partial charge in [-0.3, -0.25) is 5.10 Å². The molecule has 29 heavy (non-hydrogen) atoms. The lowest BCUT2D eigenvalue weighted by Crippen LogP contribution is -2.06. The van der Waals surface area contributed by atoms with Gasteiger partial charge in [0.1, 0.15) is 17.2 Å². The SMILES string of the molecule is CCOc1ccc(NC(=Nc2cc(-c3ccc(OC)cc3OC)[nH]n2)SC)cc1. The summed E-state index contributed by atoms with van der Waals surface area (Å²) in [7, 11) is 3.25. The van der Waals surface area contributed by atoms with Crippen molar-refractivity contribution in [1.29, 1.82) is 0 Å². The number of H-pyrrole nitrogens is 1. The quantitative estimate of drug-likeness (QED) is 0.422. The zero-order valence-corrected chi connectivity index (χ0v) is 17.7. The highest BCUT2D eigenvalue weighted by Crippen LogP contribution is 2.33. The number of hydrogen-bond donors (Lipinski definition) is 2. The van der Waals surface area contributed by atoms with Crippen molar-refractivity contribution in [3.8, 4) is 28.5 Å². The molecule has 8 heteroatoms. The minimum absolute atomic E-state index is 0.570. The smallest absolute Gasteiger partial charge is 0.176 e. The Bertz CT molecular complexity index is 970. The van der Waals surface area contributed by atoms with Gasteiger partial charge < -0.3 is 19.5 Å². The number of hydrogen-bond acceptors (Lipinski definition) is 6. The first kappa shape index (κ1) is 20.6. The third-order valence-electron chi connectivity index (χ3n) is 4.09. The van der Waals surface area contributed by atoms with Crippen molar-refractivity contribution in [2.45, 2.75) is 6.92 Å². The first-order chi connectivity index (χ1) is 14.2. The fraction of sp³-hybridized carbons (Fsp3) is 0.238. The Morgan fingerprint density at radius 3 is 2.48 bits per heavy atom. The molecule has 0 spiro atoms. The molecule has 0 aliphatic carbocycles. The molecule has 7 nitrogen and oxygen atoms in total. The maximum Gasteiger partial charge on any atom is 0.176 e. The molecule has 2 aromatic carbocycles. The maximum absolute atomic E-state index is 5.47. The zero-order chi connectivity index (χ0) is 20.6. The van der Waals surface area contributed by atoms with Crippen LogP contribution in [0.15, 0.2) is 53.5 Å². The number of ether oxygens (including phenoxy) is 3. The molecular formula is C21H24N4O3S. The van der Waals surface area contributed by atoms with Gasteiger partial charge in [0.2, 0.25) is 0 Å². The van der Waals surface area contributed by atoms with Gasteiger partial charge in [-0.2, -0.15) is 5.10 Å². The second-order valence-electron chi connectivity index (χ2n) is 5.91. The summed E-state index contributed by atoms with van der Waals surface area (Å²) in [6.07, 6.45) is 1.96. The monoisotopic (exact) mass is 412 g/mol. The van der Waals surface area contributed by atoms with Crippen molar-refractivity contribution >= 4 is 28.4 Å². The Kier molecular flexibility index (Phi) is 7.02. The second-order valence-corrected chi connectivity index (χ2v) is 6.70. The molecule has 3 rings (SSSR count). The Balaban J connectivity index is 1.78. The number of nitrogens with one attached hydrogen (secondary N) is 2. The van der Waals surface area contributed by atoms with Crippen LogP contribution in [-0.4, -0.2) is 42.4 Å². The summed E-state index contributed by atoms with van der Waals surface area (Å²) in [6.45, 7) is 2.61. The van der Waals surface area contributed by atoms with E-state index in [-0.39, 0.29) is 0 Å². The van der Waals surface area contributed by atoms with Crippen LogP contribution in [0, 0.1) is 0 Å². The third-order valence-corrected chi connectivity index (χ3v) is 4.67. The van der Waals surface area contributed by atoms with Gasteiger partial charge in [0.05, 0.1) is 26.5 Å². The van der Waals surface area contributed by atoms with Crippen LogP contribution in [0.1, 0.15) is 6.92 Å². The number of amidine groups is 1. The number of benzene rings is 2. The summed E-state index contributed by atoms with van der Waals surface area (Å²) in [5, 5.41) is 11.3. The van der Waals surface area contributed by atoms with E-state index in [1.807, 2.05) is 61.7 Å². The summed E-state index contributed by atoms with van der Waals surface area (Å²) in [4.78, 5) is 4.60. The van der Waals surface area contributed by atoms with Crippen molar-refractivity contribution < 1.29 is 14.2 Å². The van der Waals surface area contributed by atoms with Gasteiger partial charge >= 0.3 is 0 Å². The molecule has 1 heterocycles. The van der Waals surface area contributed by atoms with E-state index in [2.05, 4.69) is 20.5 Å². The minimum Gasteiger partial charge on any atom is -0.497 e. The van der Waals surface area contributed by atoms with E-state index < -0.39 is 0 Å². The molecule has 0 unspecified atom stereocenters. The fourth-order valence-electron chi connectivity index (χ4n) is 2.68. The van der Waals surface area contributed by atoms with E-state index in [0.717, 1.165) is 33.6 Å². The number of thioether (sulfide) groups is 1. The van der Waals surface area contributed by atoms with E-state index in [4.69, 9.17) is 14.2 Å². The Morgan fingerprint density at radius 1 is 1.07 bits per heavy atom. The van der Waals surface area contributed by atoms with Gasteiger partial charge in [0, 0.05) is 23.4 Å². The van der Waals surface area contributed by atoms with Gasteiger partial charge in [-0.1, -0.05) is 11.8 Å². The standard InChI is InChI=1S/C21H24N4O3S/c1-5-28-15-8-6-14(7-9-15)22-21(29-4)23-20-13-18(24-25-20)17-11-10-16(26-2)12-19(17)27-3/h6-13H,5H2,1-4H3,(H2,22,23,24,25). The average molecular weight is 413 g/mol. The Labute approximate surface area is 174 Å². The van der Waals surface area contributed by atoms with Gasteiger partial charge in [-0.05, 0) is 49.6 Å². The topological polar surface area (TPSA) is 80.8 Å². The second kappa shape index (κ2) is 9.88. The largest absolute Gasteiger partial charge is 0.497 e. The minimum atomic E-state index is 0.570. The molecular weight excluding hydrogens is 388 g/mol. The van der Waals surface area contributed by atoms with E-state index >= 15 is 0 Å². The normalized spacial score (nSPS) is 11.2. The van der Waals surface area contributed by atoms with Crippen LogP contribution in [0.2, 0.25) is 0 Å². The Morgan fingerprint density at radius 2 is 1.83 bits per heavy atom. The molecule has 0 atom stereocenters. The Hall–Kier alpha value is -3.13. The summed E-state index contributed by atoms with van der Waals surface area (Å²) in [5.41, 5.74) is 2.62. The lowest BCUT2D eigenvalue weighted by atomic mass is 10.1. The predicted octanol–water partition coefficient (Wildman–Crippen LogP) is 4.96. The molecule has 0 bridgehead atoms. The van der Waals surface area contributed by atoms with E-state index in [1.165, 1.54) is 11.8 Å². The van der Waals surface area contributed by atoms with Crippen molar-refractivity contribution in [2.24, 2.45) is 4.99 Å². The van der Waals surface area contributed by atoms with Crippen molar-refractivity contribution in [3.05, 3.63) is 48.5 Å². The van der Waals surface area contributed by atoms with Crippen LogP contribution in [0.3, 0.4) is 0 Å². The molecule has 0 amide bonds. The molecule has 0 radical (unpaired) electrons. The van der Waals surface area contributed by atoms with E-state index in [0.29, 0.717) is 18.2 Å². The van der Waals surface area contributed by atoms with Crippen molar-refractivity contribution in [3.63, 3.8) is 0 Å². The number of anilines is 1. The zero-order valence-electron chi connectivity index (χ0n) is 16.9. The predicted molar refractivity (Wildman–Crippen MR) is 119 cm³/mol. The van der Waals surface area contributed by atoms with Gasteiger partial charge in [-0.15, -0.1) is 0 Å². The fourth-order valence-corrected chi connectivity index (χ4v) is 3.09. The lowest BCUT2D eigenvalue weighted by molar-refractivity contribution is 0.340. The van der Waals surface area contributed by atoms with Crippen LogP contribution in [-0.2, 0) is 0 Å². The molecule has 152 valence electrons. The number of aliphatic imine (C=N–C) groups is 1. The molecule has 0 aliphatic rings. The number of nitrogens with zero attached hydrogens (tertiary/aromatic N) is 2. The highest BCUT2D eigenvalue weighted by atomic mass is 32.2. The van der Waals surface area contributed by atoms with Crippen molar-refractivity contribution in [2.75, 3.05) is 32.4 Å². The van der Waals surface area contributed by atoms with E-state index in [1.54, 1.807) is 14.2 Å². The molecule has 0 aliphatic heterocycles. The number of methoxy groups -OCH3 is 2. The number of aromatic amines is 1.